The van der Waals surface area contributed by atoms with Gasteiger partial charge in [-0.1, -0.05) is 18.6 Å². The summed E-state index contributed by atoms with van der Waals surface area (Å²) >= 11 is 5.92. The first-order chi connectivity index (χ1) is 14.6. The van der Waals surface area contributed by atoms with E-state index in [1.807, 2.05) is 4.68 Å². The van der Waals surface area contributed by atoms with E-state index >= 15 is 0 Å². The number of fused-ring (bicyclic) bond motifs is 2. The fourth-order valence-corrected chi connectivity index (χ4v) is 6.48. The highest BCUT2D eigenvalue weighted by atomic mass is 32.1. The van der Waals surface area contributed by atoms with Crippen molar-refractivity contribution in [1.29, 1.82) is 0 Å². The summed E-state index contributed by atoms with van der Waals surface area (Å²) in [6, 6.07) is 6.86. The van der Waals surface area contributed by atoms with Crippen LogP contribution in [0.1, 0.15) is 57.3 Å². The molecule has 5 rings (SSSR count). The molecule has 2 bridgehead atoms. The topological polar surface area (TPSA) is 36.4 Å². The van der Waals surface area contributed by atoms with Crippen molar-refractivity contribution in [2.24, 2.45) is 17.8 Å². The van der Waals surface area contributed by atoms with Crippen LogP contribution < -0.4 is 9.64 Å². The molecule has 1 aromatic carbocycles. The number of aromatic nitrogens is 3. The number of hydrogen-bond acceptors (Lipinski definition) is 3. The molecule has 3 aliphatic rings. The third kappa shape index (κ3) is 3.82. The number of nitrogens with zero attached hydrogens (tertiary/aromatic N) is 3. The highest BCUT2D eigenvalue weighted by Crippen LogP contribution is 2.52. The van der Waals surface area contributed by atoms with Gasteiger partial charge in [0, 0.05) is 18.9 Å². The van der Waals surface area contributed by atoms with E-state index in [0.29, 0.717) is 12.0 Å². The molecule has 2 aromatic rings. The molecule has 2 saturated carbocycles. The van der Waals surface area contributed by atoms with E-state index in [1.165, 1.54) is 62.6 Å². The van der Waals surface area contributed by atoms with Crippen molar-refractivity contribution in [3.05, 3.63) is 40.7 Å². The maximum absolute atomic E-state index is 14.1. The Morgan fingerprint density at radius 2 is 2.03 bits per heavy atom. The fourth-order valence-electron chi connectivity index (χ4n) is 6.10. The zero-order valence-corrected chi connectivity index (χ0v) is 18.5. The van der Waals surface area contributed by atoms with E-state index in [9.17, 15) is 4.39 Å². The molecule has 2 aliphatic carbocycles. The second-order valence-corrected chi connectivity index (χ2v) is 9.85. The van der Waals surface area contributed by atoms with Gasteiger partial charge in [-0.05, 0) is 68.3 Å². The van der Waals surface area contributed by atoms with Gasteiger partial charge in [-0.15, -0.1) is 5.10 Å². The first-order valence-corrected chi connectivity index (χ1v) is 11.9. The van der Waals surface area contributed by atoms with Crippen LogP contribution in [0.2, 0.25) is 0 Å². The van der Waals surface area contributed by atoms with Gasteiger partial charge in [-0.25, -0.2) is 4.39 Å². The monoisotopic (exact) mass is 431 g/mol. The molecule has 162 valence electrons. The summed E-state index contributed by atoms with van der Waals surface area (Å²) in [6.07, 6.45) is 7.95. The Hall–Kier alpha value is -1.73. The zero-order chi connectivity index (χ0) is 20.7. The van der Waals surface area contributed by atoms with E-state index in [1.54, 1.807) is 18.2 Å². The minimum absolute atomic E-state index is 0.234. The molecule has 1 aromatic heterocycles. The Balaban J connectivity index is 1.42. The van der Waals surface area contributed by atoms with Gasteiger partial charge in [0.1, 0.15) is 6.61 Å². The van der Waals surface area contributed by atoms with E-state index in [-0.39, 0.29) is 18.2 Å². The summed E-state index contributed by atoms with van der Waals surface area (Å²) in [6.45, 7) is 5.69. The van der Waals surface area contributed by atoms with Gasteiger partial charge < -0.3 is 9.64 Å². The standard InChI is InChI=1S/C23H31FN4OS/c1-16(19-13-17-8-9-18(19)12-17)28-22(14-29-21-7-3-2-6-20(21)24)25-27(23(28)30)15-26-10-4-5-11-26/h2-3,6-7,16-19H,4-5,8-15H2,1H3/p+1/t16-,17-,18+,19-/m1/s1. The molecular formula is C23H32FN4OS+. The second-order valence-electron chi connectivity index (χ2n) is 9.48. The summed E-state index contributed by atoms with van der Waals surface area (Å²) < 4.78 is 24.9. The Bertz CT molecular complexity index is 951. The van der Waals surface area contributed by atoms with Crippen LogP contribution in [-0.2, 0) is 13.3 Å². The highest BCUT2D eigenvalue weighted by molar-refractivity contribution is 7.71. The molecule has 0 spiro atoms. The van der Waals surface area contributed by atoms with Gasteiger partial charge in [0.2, 0.25) is 4.77 Å². The van der Waals surface area contributed by atoms with E-state index in [0.717, 1.165) is 29.1 Å². The smallest absolute Gasteiger partial charge is 0.203 e. The van der Waals surface area contributed by atoms with Crippen LogP contribution in [0.5, 0.6) is 5.75 Å². The Morgan fingerprint density at radius 3 is 2.73 bits per heavy atom. The summed E-state index contributed by atoms with van der Waals surface area (Å²) in [5.74, 6) is 3.09. The molecule has 1 aliphatic heterocycles. The SMILES string of the molecule is C[C@H]([C@H]1C[C@@H]2CC[C@H]1C2)n1c(COc2ccccc2F)nn(C[NH+]2CCCC2)c1=S. The van der Waals surface area contributed by atoms with Crippen molar-refractivity contribution >= 4 is 12.2 Å². The van der Waals surface area contributed by atoms with Gasteiger partial charge in [0.25, 0.3) is 0 Å². The fraction of sp³-hybridized carbons (Fsp3) is 0.652. The lowest BCUT2D eigenvalue weighted by atomic mass is 9.84. The predicted molar refractivity (Wildman–Crippen MR) is 115 cm³/mol. The third-order valence-corrected chi connectivity index (χ3v) is 8.05. The van der Waals surface area contributed by atoms with E-state index in [4.69, 9.17) is 22.1 Å². The molecule has 1 N–H and O–H groups in total. The Morgan fingerprint density at radius 1 is 1.23 bits per heavy atom. The second kappa shape index (κ2) is 8.42. The quantitative estimate of drug-likeness (QED) is 0.678. The lowest BCUT2D eigenvalue weighted by molar-refractivity contribution is -0.911. The van der Waals surface area contributed by atoms with Gasteiger partial charge in [-0.3, -0.25) is 4.57 Å². The number of halogens is 1. The summed E-state index contributed by atoms with van der Waals surface area (Å²) in [4.78, 5) is 1.53. The number of hydrogen-bond donors (Lipinski definition) is 1. The molecule has 1 saturated heterocycles. The summed E-state index contributed by atoms with van der Waals surface area (Å²) in [5.41, 5.74) is 0. The van der Waals surface area contributed by atoms with Crippen LogP contribution >= 0.6 is 12.2 Å². The lowest BCUT2D eigenvalue weighted by Gasteiger charge is -2.29. The lowest BCUT2D eigenvalue weighted by Crippen LogP contribution is -3.09. The van der Waals surface area contributed by atoms with E-state index < -0.39 is 0 Å². The van der Waals surface area contributed by atoms with E-state index in [2.05, 4.69) is 11.5 Å². The molecule has 7 heteroatoms. The van der Waals surface area contributed by atoms with Crippen molar-refractivity contribution in [1.82, 2.24) is 14.3 Å². The minimum Gasteiger partial charge on any atom is -0.483 e. The number of likely N-dealkylation sites (tertiary alicyclic amines) is 1. The Labute approximate surface area is 182 Å². The van der Waals surface area contributed by atoms with Crippen LogP contribution in [0.25, 0.3) is 0 Å². The maximum Gasteiger partial charge on any atom is 0.203 e. The van der Waals surface area contributed by atoms with Crippen molar-refractivity contribution in [2.45, 2.75) is 64.8 Å². The van der Waals surface area contributed by atoms with Crippen LogP contribution in [0, 0.1) is 28.3 Å². The van der Waals surface area contributed by atoms with Crippen molar-refractivity contribution in [2.75, 3.05) is 13.1 Å². The number of nitrogens with one attached hydrogen (secondary N) is 1. The molecule has 0 amide bonds. The molecule has 0 radical (unpaired) electrons. The summed E-state index contributed by atoms with van der Waals surface area (Å²) in [5, 5.41) is 4.88. The third-order valence-electron chi connectivity index (χ3n) is 7.64. The molecule has 0 unspecified atom stereocenters. The van der Waals surface area contributed by atoms with Crippen molar-refractivity contribution in [3.63, 3.8) is 0 Å². The highest BCUT2D eigenvalue weighted by Gasteiger charge is 2.43. The molecule has 2 heterocycles. The summed E-state index contributed by atoms with van der Waals surface area (Å²) in [7, 11) is 0. The molecule has 3 fully saturated rings. The van der Waals surface area contributed by atoms with Crippen LogP contribution in [0.15, 0.2) is 24.3 Å². The molecule has 30 heavy (non-hydrogen) atoms. The number of ether oxygens (including phenoxy) is 1. The first-order valence-electron chi connectivity index (χ1n) is 11.5. The van der Waals surface area contributed by atoms with Crippen LogP contribution in [0.4, 0.5) is 4.39 Å². The van der Waals surface area contributed by atoms with Gasteiger partial charge in [0.05, 0.1) is 13.1 Å². The molecule has 5 nitrogen and oxygen atoms in total. The number of quaternary nitrogens is 1. The zero-order valence-electron chi connectivity index (χ0n) is 17.7. The number of rotatable bonds is 7. The number of para-hydroxylation sites is 1. The first kappa shape index (κ1) is 20.2. The van der Waals surface area contributed by atoms with Gasteiger partial charge in [0.15, 0.2) is 24.1 Å². The molecule has 4 atom stereocenters. The average molecular weight is 432 g/mol. The van der Waals surface area contributed by atoms with Gasteiger partial charge in [-0.2, -0.15) is 4.68 Å². The number of benzene rings is 1. The predicted octanol–water partition coefficient (Wildman–Crippen LogP) is 3.77. The molecular weight excluding hydrogens is 399 g/mol. The maximum atomic E-state index is 14.1. The normalized spacial score (nSPS) is 27.1. The van der Waals surface area contributed by atoms with Crippen molar-refractivity contribution < 1.29 is 14.0 Å². The van der Waals surface area contributed by atoms with Gasteiger partial charge >= 0.3 is 0 Å². The largest absolute Gasteiger partial charge is 0.483 e. The van der Waals surface area contributed by atoms with Crippen molar-refractivity contribution in [3.8, 4) is 5.75 Å². The Kier molecular flexibility index (Phi) is 5.67. The average Bonchev–Trinajstić information content (AvgIpc) is 3.53. The minimum atomic E-state index is -0.343. The van der Waals surface area contributed by atoms with Crippen LogP contribution in [0.3, 0.4) is 0 Å². The van der Waals surface area contributed by atoms with Crippen LogP contribution in [-0.4, -0.2) is 27.4 Å².